The third-order valence-corrected chi connectivity index (χ3v) is 3.28. The van der Waals surface area contributed by atoms with Crippen LogP contribution in [0.25, 0.3) is 0 Å². The van der Waals surface area contributed by atoms with E-state index in [4.69, 9.17) is 5.26 Å². The molecule has 0 aliphatic carbocycles. The number of hydrogen-bond acceptors (Lipinski definition) is 3. The first kappa shape index (κ1) is 12.4. The van der Waals surface area contributed by atoms with Crippen molar-refractivity contribution in [2.45, 2.75) is 25.4 Å². The molecule has 18 heavy (non-hydrogen) atoms. The van der Waals surface area contributed by atoms with Crippen molar-refractivity contribution in [3.05, 3.63) is 29.8 Å². The Hall–Kier alpha value is -2.02. The van der Waals surface area contributed by atoms with E-state index in [0.717, 1.165) is 11.3 Å². The Bertz CT molecular complexity index is 473. The monoisotopic (exact) mass is 243 g/mol. The lowest BCUT2D eigenvalue weighted by Gasteiger charge is -2.20. The normalized spacial score (nSPS) is 18.8. The molecule has 1 heterocycles. The Kier molecular flexibility index (Phi) is 3.52. The van der Waals surface area contributed by atoms with Crippen molar-refractivity contribution in [2.75, 3.05) is 19.0 Å². The number of benzene rings is 1. The fourth-order valence-electron chi connectivity index (χ4n) is 2.16. The van der Waals surface area contributed by atoms with Crippen LogP contribution in [0.15, 0.2) is 24.3 Å². The predicted molar refractivity (Wildman–Crippen MR) is 70.0 cm³/mol. The summed E-state index contributed by atoms with van der Waals surface area (Å²) in [6.45, 7) is 0.533. The smallest absolute Gasteiger partial charge is 0.224 e. The number of nitriles is 1. The molecule has 0 aromatic heterocycles. The topological polar surface area (TPSA) is 47.3 Å². The van der Waals surface area contributed by atoms with Crippen LogP contribution in [-0.2, 0) is 11.3 Å². The highest BCUT2D eigenvalue weighted by molar-refractivity contribution is 5.79. The summed E-state index contributed by atoms with van der Waals surface area (Å²) < 4.78 is 0. The van der Waals surface area contributed by atoms with Crippen molar-refractivity contribution < 1.29 is 4.79 Å². The molecule has 1 aliphatic heterocycles. The molecular weight excluding hydrogens is 226 g/mol. The average molecular weight is 243 g/mol. The minimum atomic E-state index is -0.258. The van der Waals surface area contributed by atoms with Gasteiger partial charge in [0.15, 0.2) is 0 Å². The third-order valence-electron chi connectivity index (χ3n) is 3.28. The van der Waals surface area contributed by atoms with Crippen molar-refractivity contribution in [2.24, 2.45) is 0 Å². The van der Waals surface area contributed by atoms with E-state index < -0.39 is 0 Å². The first-order valence-electron chi connectivity index (χ1n) is 6.07. The maximum atomic E-state index is 11.7. The second-order valence-electron chi connectivity index (χ2n) is 4.77. The van der Waals surface area contributed by atoms with E-state index in [2.05, 4.69) is 6.07 Å². The van der Waals surface area contributed by atoms with Crippen LogP contribution in [0.4, 0.5) is 5.69 Å². The van der Waals surface area contributed by atoms with Gasteiger partial charge in [-0.05, 0) is 24.1 Å². The number of amides is 1. The largest absolute Gasteiger partial charge is 0.378 e. The molecule has 4 nitrogen and oxygen atoms in total. The molecular formula is C14H17N3O. The van der Waals surface area contributed by atoms with Crippen molar-refractivity contribution in [3.8, 4) is 6.07 Å². The molecule has 1 unspecified atom stereocenters. The van der Waals surface area contributed by atoms with Gasteiger partial charge in [-0.25, -0.2) is 0 Å². The highest BCUT2D eigenvalue weighted by atomic mass is 16.2. The Balaban J connectivity index is 2.09. The van der Waals surface area contributed by atoms with Crippen molar-refractivity contribution in [1.82, 2.24) is 4.90 Å². The molecule has 0 spiro atoms. The van der Waals surface area contributed by atoms with Gasteiger partial charge < -0.3 is 9.80 Å². The number of hydrogen-bond donors (Lipinski definition) is 0. The van der Waals surface area contributed by atoms with E-state index in [1.54, 1.807) is 4.90 Å². The summed E-state index contributed by atoms with van der Waals surface area (Å²) >= 11 is 0. The Morgan fingerprint density at radius 3 is 2.61 bits per heavy atom. The van der Waals surface area contributed by atoms with Gasteiger partial charge in [0.1, 0.15) is 6.04 Å². The molecule has 1 amide bonds. The summed E-state index contributed by atoms with van der Waals surface area (Å²) in [6, 6.07) is 10.0. The maximum absolute atomic E-state index is 11.7. The highest BCUT2D eigenvalue weighted by Crippen LogP contribution is 2.21. The summed E-state index contributed by atoms with van der Waals surface area (Å²) in [6.07, 6.45) is 1.15. The second kappa shape index (κ2) is 5.09. The lowest BCUT2D eigenvalue weighted by atomic mass is 10.1. The van der Waals surface area contributed by atoms with Gasteiger partial charge in [0.25, 0.3) is 0 Å². The minimum absolute atomic E-state index is 0.0817. The summed E-state index contributed by atoms with van der Waals surface area (Å²) in [5, 5.41) is 9.00. The van der Waals surface area contributed by atoms with Gasteiger partial charge in [0.2, 0.25) is 5.91 Å². The predicted octanol–water partition coefficient (Wildman–Crippen LogP) is 1.77. The molecule has 1 fully saturated rings. The first-order chi connectivity index (χ1) is 8.61. The van der Waals surface area contributed by atoms with Crippen molar-refractivity contribution in [3.63, 3.8) is 0 Å². The van der Waals surface area contributed by atoms with Crippen LogP contribution >= 0.6 is 0 Å². The van der Waals surface area contributed by atoms with Crippen molar-refractivity contribution in [1.29, 1.82) is 5.26 Å². The van der Waals surface area contributed by atoms with Crippen LogP contribution in [0.2, 0.25) is 0 Å². The number of nitrogens with zero attached hydrogens (tertiary/aromatic N) is 3. The van der Waals surface area contributed by atoms with Crippen molar-refractivity contribution >= 4 is 11.6 Å². The number of carbonyl (C=O) groups excluding carboxylic acids is 1. The SMILES string of the molecule is CN(C)c1ccc(CN2C(=O)CCC2C#N)cc1. The van der Waals surface area contributed by atoms with Crippen LogP contribution in [0.5, 0.6) is 0 Å². The average Bonchev–Trinajstić information content (AvgIpc) is 2.71. The third kappa shape index (κ3) is 2.45. The molecule has 1 aromatic rings. The van der Waals surface area contributed by atoms with Gasteiger partial charge in [-0.15, -0.1) is 0 Å². The zero-order valence-corrected chi connectivity index (χ0v) is 10.8. The summed E-state index contributed by atoms with van der Waals surface area (Å²) in [5.74, 6) is 0.0817. The molecule has 1 aromatic carbocycles. The number of anilines is 1. The van der Waals surface area contributed by atoms with Crippen LogP contribution in [0.3, 0.4) is 0 Å². The number of rotatable bonds is 3. The van der Waals surface area contributed by atoms with Crippen LogP contribution in [0.1, 0.15) is 18.4 Å². The lowest BCUT2D eigenvalue weighted by molar-refractivity contribution is -0.128. The standard InChI is InChI=1S/C14H17N3O/c1-16(2)12-5-3-11(4-6-12)10-17-13(9-15)7-8-14(17)18/h3-6,13H,7-8,10H2,1-2H3. The fourth-order valence-corrected chi connectivity index (χ4v) is 2.16. The summed E-state index contributed by atoms with van der Waals surface area (Å²) in [7, 11) is 3.98. The van der Waals surface area contributed by atoms with Crippen LogP contribution in [0, 0.1) is 11.3 Å². The van der Waals surface area contributed by atoms with Crippen LogP contribution in [-0.4, -0.2) is 30.9 Å². The van der Waals surface area contributed by atoms with Gasteiger partial charge in [-0.3, -0.25) is 4.79 Å². The Morgan fingerprint density at radius 2 is 2.06 bits per heavy atom. The molecule has 1 aliphatic rings. The number of likely N-dealkylation sites (tertiary alicyclic amines) is 1. The molecule has 1 atom stereocenters. The Morgan fingerprint density at radius 1 is 1.39 bits per heavy atom. The molecule has 2 rings (SSSR count). The first-order valence-corrected chi connectivity index (χ1v) is 6.07. The molecule has 0 bridgehead atoms. The molecule has 94 valence electrons. The lowest BCUT2D eigenvalue weighted by Crippen LogP contribution is -2.31. The van der Waals surface area contributed by atoms with E-state index in [9.17, 15) is 4.79 Å². The molecule has 4 heteroatoms. The molecule has 0 N–H and O–H groups in total. The summed E-state index contributed by atoms with van der Waals surface area (Å²) in [5.41, 5.74) is 2.19. The molecule has 0 radical (unpaired) electrons. The quantitative estimate of drug-likeness (QED) is 0.812. The van der Waals surface area contributed by atoms with E-state index in [1.807, 2.05) is 43.3 Å². The van der Waals surface area contributed by atoms with E-state index in [1.165, 1.54) is 0 Å². The van der Waals surface area contributed by atoms with Gasteiger partial charge in [-0.1, -0.05) is 12.1 Å². The Labute approximate surface area is 107 Å². The van der Waals surface area contributed by atoms with Gasteiger partial charge in [0.05, 0.1) is 6.07 Å². The molecule has 0 saturated carbocycles. The number of carbonyl (C=O) groups is 1. The van der Waals surface area contributed by atoms with E-state index in [-0.39, 0.29) is 11.9 Å². The maximum Gasteiger partial charge on any atom is 0.224 e. The zero-order chi connectivity index (χ0) is 13.1. The van der Waals surface area contributed by atoms with E-state index in [0.29, 0.717) is 19.4 Å². The molecule has 1 saturated heterocycles. The van der Waals surface area contributed by atoms with Gasteiger partial charge in [0, 0.05) is 32.7 Å². The summed E-state index contributed by atoms with van der Waals surface area (Å²) in [4.78, 5) is 15.4. The van der Waals surface area contributed by atoms with Gasteiger partial charge >= 0.3 is 0 Å². The van der Waals surface area contributed by atoms with Crippen LogP contribution < -0.4 is 4.90 Å². The zero-order valence-electron chi connectivity index (χ0n) is 10.8. The minimum Gasteiger partial charge on any atom is -0.378 e. The van der Waals surface area contributed by atoms with Gasteiger partial charge in [-0.2, -0.15) is 5.26 Å². The fraction of sp³-hybridized carbons (Fsp3) is 0.429. The second-order valence-corrected chi connectivity index (χ2v) is 4.77. The van der Waals surface area contributed by atoms with E-state index >= 15 is 0 Å². The highest BCUT2D eigenvalue weighted by Gasteiger charge is 2.30.